The Hall–Kier alpha value is -2.42. The third-order valence-corrected chi connectivity index (χ3v) is 2.66. The molecule has 0 saturated heterocycles. The highest BCUT2D eigenvalue weighted by molar-refractivity contribution is 6.09. The predicted octanol–water partition coefficient (Wildman–Crippen LogP) is 3.11. The highest BCUT2D eigenvalue weighted by Gasteiger charge is 2.16. The molecular weight excluding hydrogens is 240 g/mol. The van der Waals surface area contributed by atoms with Crippen molar-refractivity contribution in [1.82, 2.24) is 0 Å². The average Bonchev–Trinajstić information content (AvgIpc) is 2.53. The van der Waals surface area contributed by atoms with Crippen molar-refractivity contribution in [1.29, 1.82) is 0 Å². The smallest absolute Gasteiger partial charge is 0.310 e. The minimum Gasteiger partial charge on any atom is -0.481 e. The summed E-state index contributed by atoms with van der Waals surface area (Å²) in [6.07, 6.45) is 0. The van der Waals surface area contributed by atoms with Crippen LogP contribution in [-0.2, 0) is 4.79 Å². The summed E-state index contributed by atoms with van der Waals surface area (Å²) in [5, 5.41) is 9.24. The van der Waals surface area contributed by atoms with Gasteiger partial charge in [-0.25, -0.2) is 0 Å². The lowest BCUT2D eigenvalue weighted by molar-refractivity contribution is -0.138. The average molecular weight is 258 g/mol. The van der Waals surface area contributed by atoms with Crippen LogP contribution in [-0.4, -0.2) is 16.9 Å². The molecule has 0 radical (unpaired) electrons. The second-order valence-corrected chi connectivity index (χ2v) is 3.96. The SMILES string of the molecule is [2H]C([2H])([2H])C([2H])(C(=O)O)c1cccc(C(=O)c2ccccc2)c1. The Balaban J connectivity index is 2.52. The van der Waals surface area contributed by atoms with E-state index in [0.29, 0.717) is 5.56 Å². The number of hydrogen-bond donors (Lipinski definition) is 1. The van der Waals surface area contributed by atoms with E-state index in [-0.39, 0.29) is 16.9 Å². The first-order valence-corrected chi connectivity index (χ1v) is 5.61. The van der Waals surface area contributed by atoms with Crippen molar-refractivity contribution < 1.29 is 20.2 Å². The molecule has 0 aliphatic heterocycles. The van der Waals surface area contributed by atoms with E-state index in [4.69, 9.17) is 5.48 Å². The lowest BCUT2D eigenvalue weighted by Gasteiger charge is -2.08. The molecule has 19 heavy (non-hydrogen) atoms. The van der Waals surface area contributed by atoms with Gasteiger partial charge in [-0.1, -0.05) is 48.5 Å². The lowest BCUT2D eigenvalue weighted by atomic mass is 9.96. The van der Waals surface area contributed by atoms with E-state index in [0.717, 1.165) is 6.07 Å². The van der Waals surface area contributed by atoms with E-state index >= 15 is 0 Å². The quantitative estimate of drug-likeness (QED) is 0.857. The fourth-order valence-corrected chi connectivity index (χ4v) is 1.70. The highest BCUT2D eigenvalue weighted by Crippen LogP contribution is 2.18. The first-order chi connectivity index (χ1) is 10.7. The van der Waals surface area contributed by atoms with E-state index < -0.39 is 18.7 Å². The minimum atomic E-state index is -3.08. The van der Waals surface area contributed by atoms with Crippen molar-refractivity contribution in [2.24, 2.45) is 0 Å². The number of ketones is 1. The fourth-order valence-electron chi connectivity index (χ4n) is 1.70. The molecule has 96 valence electrons. The van der Waals surface area contributed by atoms with E-state index in [2.05, 4.69) is 0 Å². The minimum absolute atomic E-state index is 0.135. The van der Waals surface area contributed by atoms with Crippen molar-refractivity contribution in [2.45, 2.75) is 12.7 Å². The molecule has 0 heterocycles. The number of carbonyl (C=O) groups excluding carboxylic acids is 1. The molecule has 1 atom stereocenters. The third kappa shape index (κ3) is 2.88. The van der Waals surface area contributed by atoms with Crippen LogP contribution >= 0.6 is 0 Å². The molecule has 0 aliphatic rings. The maximum absolute atomic E-state index is 12.4. The lowest BCUT2D eigenvalue weighted by Crippen LogP contribution is -2.09. The second kappa shape index (κ2) is 5.48. The van der Waals surface area contributed by atoms with Crippen LogP contribution < -0.4 is 0 Å². The van der Waals surface area contributed by atoms with Gasteiger partial charge in [-0.05, 0) is 18.5 Å². The number of carboxylic acid groups (broad SMARTS) is 1. The Morgan fingerprint density at radius 1 is 1.11 bits per heavy atom. The molecule has 0 aromatic heterocycles. The molecule has 3 nitrogen and oxygen atoms in total. The van der Waals surface area contributed by atoms with Crippen LogP contribution in [0.15, 0.2) is 54.6 Å². The molecule has 3 heteroatoms. The first kappa shape index (κ1) is 8.64. The summed E-state index contributed by atoms with van der Waals surface area (Å²) < 4.78 is 30.1. The van der Waals surface area contributed by atoms with Crippen LogP contribution in [0.4, 0.5) is 0 Å². The zero-order valence-electron chi connectivity index (χ0n) is 14.0. The van der Waals surface area contributed by atoms with Gasteiger partial charge in [-0.3, -0.25) is 9.59 Å². The zero-order chi connectivity index (χ0) is 17.3. The van der Waals surface area contributed by atoms with Crippen LogP contribution in [0.1, 0.15) is 39.7 Å². The summed E-state index contributed by atoms with van der Waals surface area (Å²) in [5.74, 6) is -4.99. The fraction of sp³-hybridized carbons (Fsp3) is 0.125. The number of rotatable bonds is 4. The summed E-state index contributed by atoms with van der Waals surface area (Å²) >= 11 is 0. The molecule has 0 saturated carbocycles. The van der Waals surface area contributed by atoms with Crippen molar-refractivity contribution in [3.63, 3.8) is 0 Å². The maximum Gasteiger partial charge on any atom is 0.310 e. The van der Waals surface area contributed by atoms with Gasteiger partial charge in [0.05, 0.1) is 5.89 Å². The number of carbonyl (C=O) groups is 2. The number of benzene rings is 2. The number of carboxylic acids is 1. The van der Waals surface area contributed by atoms with E-state index in [1.54, 1.807) is 30.3 Å². The molecule has 1 N–H and O–H groups in total. The van der Waals surface area contributed by atoms with Gasteiger partial charge in [0, 0.05) is 16.6 Å². The second-order valence-electron chi connectivity index (χ2n) is 3.96. The molecule has 2 rings (SSSR count). The Kier molecular flexibility index (Phi) is 2.49. The van der Waals surface area contributed by atoms with Crippen molar-refractivity contribution in [2.75, 3.05) is 0 Å². The van der Waals surface area contributed by atoms with Crippen molar-refractivity contribution in [3.05, 3.63) is 71.3 Å². The zero-order valence-corrected chi connectivity index (χ0v) is 9.96. The van der Waals surface area contributed by atoms with Crippen molar-refractivity contribution in [3.8, 4) is 0 Å². The van der Waals surface area contributed by atoms with Crippen LogP contribution in [0, 0.1) is 0 Å². The molecule has 1 unspecified atom stereocenters. The standard InChI is InChI=1S/C16H14O3/c1-11(16(18)19)13-8-5-9-14(10-13)15(17)12-6-3-2-4-7-12/h2-11H,1H3,(H,18,19)/i1D3,11D. The molecule has 0 spiro atoms. The highest BCUT2D eigenvalue weighted by atomic mass is 16.4. The van der Waals surface area contributed by atoms with Gasteiger partial charge < -0.3 is 5.11 Å². The Labute approximate surface area is 117 Å². The van der Waals surface area contributed by atoms with Crippen LogP contribution in [0.25, 0.3) is 0 Å². The Morgan fingerprint density at radius 3 is 2.42 bits per heavy atom. The van der Waals surface area contributed by atoms with Gasteiger partial charge in [0.1, 0.15) is 0 Å². The molecule has 0 aliphatic carbocycles. The number of hydrogen-bond acceptors (Lipinski definition) is 2. The van der Waals surface area contributed by atoms with Crippen LogP contribution in [0.2, 0.25) is 0 Å². The van der Waals surface area contributed by atoms with E-state index in [1.165, 1.54) is 18.2 Å². The van der Waals surface area contributed by atoms with Gasteiger partial charge in [0.2, 0.25) is 0 Å². The molecule has 2 aromatic rings. The number of aliphatic carboxylic acids is 1. The molecule has 0 amide bonds. The summed E-state index contributed by atoms with van der Waals surface area (Å²) in [5.41, 5.74) is 0.270. The first-order valence-electron chi connectivity index (χ1n) is 7.61. The largest absolute Gasteiger partial charge is 0.481 e. The van der Waals surface area contributed by atoms with Crippen LogP contribution in [0.3, 0.4) is 0 Å². The normalized spacial score (nSPS) is 17.3. The molecular formula is C16H14O3. The molecule has 0 fully saturated rings. The van der Waals surface area contributed by atoms with E-state index in [9.17, 15) is 14.7 Å². The topological polar surface area (TPSA) is 54.4 Å². The summed E-state index contributed by atoms with van der Waals surface area (Å²) in [6.45, 7) is -3.08. The Bertz CT molecular complexity index is 740. The monoisotopic (exact) mass is 258 g/mol. The molecule has 2 aromatic carbocycles. The van der Waals surface area contributed by atoms with Gasteiger partial charge in [0.25, 0.3) is 0 Å². The predicted molar refractivity (Wildman–Crippen MR) is 72.4 cm³/mol. The summed E-state index contributed by atoms with van der Waals surface area (Å²) in [7, 11) is 0. The van der Waals surface area contributed by atoms with E-state index in [1.807, 2.05) is 0 Å². The summed E-state index contributed by atoms with van der Waals surface area (Å²) in [6, 6.07) is 13.5. The Morgan fingerprint density at radius 2 is 1.79 bits per heavy atom. The van der Waals surface area contributed by atoms with Gasteiger partial charge >= 0.3 is 5.97 Å². The van der Waals surface area contributed by atoms with Crippen LogP contribution in [0.5, 0.6) is 0 Å². The summed E-state index contributed by atoms with van der Waals surface area (Å²) in [4.78, 5) is 23.8. The molecule has 0 bridgehead atoms. The van der Waals surface area contributed by atoms with Gasteiger partial charge in [-0.2, -0.15) is 0 Å². The van der Waals surface area contributed by atoms with Gasteiger partial charge in [-0.15, -0.1) is 0 Å². The van der Waals surface area contributed by atoms with Gasteiger partial charge in [0.15, 0.2) is 5.78 Å². The maximum atomic E-state index is 12.4. The van der Waals surface area contributed by atoms with Crippen molar-refractivity contribution >= 4 is 11.8 Å². The third-order valence-electron chi connectivity index (χ3n) is 2.66.